The van der Waals surface area contributed by atoms with Gasteiger partial charge < -0.3 is 0 Å². The Bertz CT molecular complexity index is 555. The van der Waals surface area contributed by atoms with E-state index in [1.165, 1.54) is 54.2 Å². The van der Waals surface area contributed by atoms with E-state index >= 15 is 0 Å². The van der Waals surface area contributed by atoms with Crippen LogP contribution in [-0.2, 0) is 6.42 Å². The first kappa shape index (κ1) is 17.4. The highest BCUT2D eigenvalue weighted by Crippen LogP contribution is 2.29. The third kappa shape index (κ3) is 4.78. The fourth-order valence-corrected chi connectivity index (χ4v) is 3.95. The Hall–Kier alpha value is -0.950. The molecule has 1 heteroatoms. The van der Waals surface area contributed by atoms with Crippen molar-refractivity contribution >= 4 is 22.5 Å². The molecule has 0 spiro atoms. The zero-order valence-corrected chi connectivity index (χ0v) is 15.2. The minimum Gasteiger partial charge on any atom is -0.165 e. The maximum atomic E-state index is 2.46. The minimum absolute atomic E-state index is 0.818. The van der Waals surface area contributed by atoms with Gasteiger partial charge in [-0.15, -0.1) is 0 Å². The molecule has 120 valence electrons. The second-order valence-corrected chi connectivity index (χ2v) is 7.49. The molecule has 0 heterocycles. The van der Waals surface area contributed by atoms with E-state index in [1.54, 1.807) is 0 Å². The summed E-state index contributed by atoms with van der Waals surface area (Å²) in [6, 6.07) is 15.6. The SMILES string of the molecule is CCCCC(Cc1cccc2ccccc12)C(C)CCSC. The average molecular weight is 315 g/mol. The molecule has 2 aromatic rings. The van der Waals surface area contributed by atoms with Crippen LogP contribution in [0.2, 0.25) is 0 Å². The number of benzene rings is 2. The molecule has 0 amide bonds. The third-order valence-electron chi connectivity index (χ3n) is 4.87. The molecule has 2 aromatic carbocycles. The van der Waals surface area contributed by atoms with Gasteiger partial charge in [0.05, 0.1) is 0 Å². The molecule has 0 aliphatic rings. The van der Waals surface area contributed by atoms with Crippen molar-refractivity contribution < 1.29 is 0 Å². The van der Waals surface area contributed by atoms with Crippen LogP contribution >= 0.6 is 11.8 Å². The first-order valence-corrected chi connectivity index (χ1v) is 10.1. The summed E-state index contributed by atoms with van der Waals surface area (Å²) in [5.41, 5.74) is 1.54. The molecule has 0 N–H and O–H groups in total. The predicted molar refractivity (Wildman–Crippen MR) is 103 cm³/mol. The van der Waals surface area contributed by atoms with E-state index in [4.69, 9.17) is 0 Å². The van der Waals surface area contributed by atoms with Crippen molar-refractivity contribution in [2.24, 2.45) is 11.8 Å². The minimum atomic E-state index is 0.818. The lowest BCUT2D eigenvalue weighted by Crippen LogP contribution is -2.16. The van der Waals surface area contributed by atoms with Gasteiger partial charge in [-0.05, 0) is 59.4 Å². The van der Waals surface area contributed by atoms with E-state index in [0.717, 1.165) is 11.8 Å². The summed E-state index contributed by atoms with van der Waals surface area (Å²) < 4.78 is 0. The number of hydrogen-bond acceptors (Lipinski definition) is 1. The zero-order valence-electron chi connectivity index (χ0n) is 14.3. The van der Waals surface area contributed by atoms with Gasteiger partial charge in [0.25, 0.3) is 0 Å². The fraction of sp³-hybridized carbons (Fsp3) is 0.524. The molecule has 0 aromatic heterocycles. The van der Waals surface area contributed by atoms with Crippen molar-refractivity contribution in [2.75, 3.05) is 12.0 Å². The van der Waals surface area contributed by atoms with Gasteiger partial charge in [-0.25, -0.2) is 0 Å². The Labute approximate surface area is 140 Å². The van der Waals surface area contributed by atoms with E-state index in [0.29, 0.717) is 0 Å². The van der Waals surface area contributed by atoms with Gasteiger partial charge in [0.15, 0.2) is 0 Å². The van der Waals surface area contributed by atoms with Crippen molar-refractivity contribution in [1.82, 2.24) is 0 Å². The summed E-state index contributed by atoms with van der Waals surface area (Å²) in [7, 11) is 0. The van der Waals surface area contributed by atoms with E-state index in [1.807, 2.05) is 11.8 Å². The number of fused-ring (bicyclic) bond motifs is 1. The van der Waals surface area contributed by atoms with Crippen LogP contribution in [0.25, 0.3) is 10.8 Å². The predicted octanol–water partition coefficient (Wildman–Crippen LogP) is 6.58. The zero-order chi connectivity index (χ0) is 15.8. The first-order chi connectivity index (χ1) is 10.8. The summed E-state index contributed by atoms with van der Waals surface area (Å²) >= 11 is 1.98. The van der Waals surface area contributed by atoms with Crippen LogP contribution in [-0.4, -0.2) is 12.0 Å². The highest BCUT2D eigenvalue weighted by molar-refractivity contribution is 7.98. The number of thioether (sulfide) groups is 1. The molecule has 0 saturated heterocycles. The van der Waals surface area contributed by atoms with Gasteiger partial charge >= 0.3 is 0 Å². The van der Waals surface area contributed by atoms with Gasteiger partial charge in [0.1, 0.15) is 0 Å². The number of hydrogen-bond donors (Lipinski definition) is 0. The summed E-state index contributed by atoms with van der Waals surface area (Å²) in [4.78, 5) is 0. The lowest BCUT2D eigenvalue weighted by atomic mass is 9.82. The van der Waals surface area contributed by atoms with Crippen LogP contribution in [0.3, 0.4) is 0 Å². The number of unbranched alkanes of at least 4 members (excludes halogenated alkanes) is 1. The fourth-order valence-electron chi connectivity index (χ4n) is 3.35. The molecular formula is C21H30S. The topological polar surface area (TPSA) is 0 Å². The Morgan fingerprint density at radius 3 is 2.55 bits per heavy atom. The Balaban J connectivity index is 2.17. The molecule has 0 aliphatic carbocycles. The van der Waals surface area contributed by atoms with Crippen molar-refractivity contribution in [2.45, 2.75) is 46.0 Å². The van der Waals surface area contributed by atoms with E-state index in [2.05, 4.69) is 62.6 Å². The van der Waals surface area contributed by atoms with Crippen LogP contribution in [0, 0.1) is 11.8 Å². The summed E-state index contributed by atoms with van der Waals surface area (Å²) in [5.74, 6) is 2.93. The number of rotatable bonds is 9. The van der Waals surface area contributed by atoms with Crippen molar-refractivity contribution in [3.63, 3.8) is 0 Å². The Morgan fingerprint density at radius 1 is 1.00 bits per heavy atom. The van der Waals surface area contributed by atoms with Crippen LogP contribution in [0.4, 0.5) is 0 Å². The monoisotopic (exact) mass is 314 g/mol. The second-order valence-electron chi connectivity index (χ2n) is 6.50. The standard InChI is InChI=1S/C21H30S/c1-4-5-9-19(17(2)14-15-22-3)16-20-12-8-11-18-10-6-7-13-21(18)20/h6-8,10-13,17,19H,4-5,9,14-16H2,1-3H3. The van der Waals surface area contributed by atoms with Gasteiger partial charge in [0.2, 0.25) is 0 Å². The molecular weight excluding hydrogens is 284 g/mol. The lowest BCUT2D eigenvalue weighted by Gasteiger charge is -2.24. The van der Waals surface area contributed by atoms with Crippen LogP contribution in [0.1, 0.15) is 45.1 Å². The third-order valence-corrected chi connectivity index (χ3v) is 5.52. The van der Waals surface area contributed by atoms with Crippen LogP contribution < -0.4 is 0 Å². The molecule has 0 nitrogen and oxygen atoms in total. The molecule has 0 aliphatic heterocycles. The van der Waals surface area contributed by atoms with Crippen LogP contribution in [0.5, 0.6) is 0 Å². The van der Waals surface area contributed by atoms with Crippen molar-refractivity contribution in [1.29, 1.82) is 0 Å². The second kappa shape index (κ2) is 9.25. The van der Waals surface area contributed by atoms with E-state index in [-0.39, 0.29) is 0 Å². The highest BCUT2D eigenvalue weighted by Gasteiger charge is 2.18. The van der Waals surface area contributed by atoms with Crippen molar-refractivity contribution in [3.05, 3.63) is 48.0 Å². The van der Waals surface area contributed by atoms with E-state index in [9.17, 15) is 0 Å². The maximum absolute atomic E-state index is 2.46. The van der Waals surface area contributed by atoms with Crippen LogP contribution in [0.15, 0.2) is 42.5 Å². The summed E-state index contributed by atoms with van der Waals surface area (Å²) in [5, 5.41) is 2.83. The summed E-state index contributed by atoms with van der Waals surface area (Å²) in [6.07, 6.45) is 8.84. The highest BCUT2D eigenvalue weighted by atomic mass is 32.2. The Morgan fingerprint density at radius 2 is 1.77 bits per heavy atom. The van der Waals surface area contributed by atoms with Gasteiger partial charge in [0, 0.05) is 0 Å². The molecule has 2 rings (SSSR count). The average Bonchev–Trinajstić information content (AvgIpc) is 2.56. The lowest BCUT2D eigenvalue weighted by molar-refractivity contribution is 0.319. The molecule has 0 fully saturated rings. The quantitative estimate of drug-likeness (QED) is 0.504. The Kier molecular flexibility index (Phi) is 7.32. The van der Waals surface area contributed by atoms with Crippen molar-refractivity contribution in [3.8, 4) is 0 Å². The normalized spacial score (nSPS) is 14.1. The molecule has 0 saturated carbocycles. The van der Waals surface area contributed by atoms with Gasteiger partial charge in [-0.2, -0.15) is 11.8 Å². The van der Waals surface area contributed by atoms with Gasteiger partial charge in [-0.3, -0.25) is 0 Å². The largest absolute Gasteiger partial charge is 0.165 e. The molecule has 2 atom stereocenters. The molecule has 0 bridgehead atoms. The van der Waals surface area contributed by atoms with Gasteiger partial charge in [-0.1, -0.05) is 69.2 Å². The molecule has 2 unspecified atom stereocenters. The molecule has 22 heavy (non-hydrogen) atoms. The maximum Gasteiger partial charge on any atom is -0.00677 e. The van der Waals surface area contributed by atoms with E-state index < -0.39 is 0 Å². The smallest absolute Gasteiger partial charge is 0.00677 e. The molecule has 0 radical (unpaired) electrons. The summed E-state index contributed by atoms with van der Waals surface area (Å²) in [6.45, 7) is 4.77. The first-order valence-electron chi connectivity index (χ1n) is 8.71.